The fourth-order valence-corrected chi connectivity index (χ4v) is 21.9. The predicted molar refractivity (Wildman–Crippen MR) is 269 cm³/mol. The number of hydrogen-bond donors (Lipinski definition) is 0. The van der Waals surface area contributed by atoms with Crippen molar-refractivity contribution in [3.63, 3.8) is 0 Å². The minimum Gasteiger partial charge on any atom is -0.366 e. The predicted octanol–water partition coefficient (Wildman–Crippen LogP) is 16.6. The van der Waals surface area contributed by atoms with E-state index >= 15 is 0 Å². The monoisotopic (exact) mass is 1220 g/mol. The Hall–Kier alpha value is -2.18. The second-order valence-electron chi connectivity index (χ2n) is 18.6. The van der Waals surface area contributed by atoms with Crippen LogP contribution in [0.15, 0.2) is 109 Å². The van der Waals surface area contributed by atoms with Crippen LogP contribution in [-0.2, 0) is 44.8 Å². The van der Waals surface area contributed by atoms with Crippen molar-refractivity contribution < 1.29 is 44.8 Å². The molecule has 0 heterocycles. The van der Waals surface area contributed by atoms with Gasteiger partial charge in [-0.15, -0.1) is 23.3 Å². The first-order chi connectivity index (χ1) is 29.7. The third-order valence-corrected chi connectivity index (χ3v) is 23.7. The Morgan fingerprint density at radius 1 is 0.355 bits per heavy atom. The molecule has 0 spiro atoms. The van der Waals surface area contributed by atoms with Gasteiger partial charge in [0.25, 0.3) is 0 Å². The van der Waals surface area contributed by atoms with Crippen molar-refractivity contribution in [2.75, 3.05) is 12.3 Å². The van der Waals surface area contributed by atoms with Crippen LogP contribution in [0, 0.1) is 24.7 Å². The van der Waals surface area contributed by atoms with E-state index in [1.54, 1.807) is 141 Å². The molecule has 10 rings (SSSR count). The molecule has 4 aliphatic carbocycles. The molecule has 0 nitrogen and oxygen atoms in total. The SMILES string of the molecule is C1CCC([PH+](CC[PH+](C2CCCCC2)C2CCCCC2)C2CCCCC2)CC1.[Au+].[Au+].[C-]#Cc1cc2ccccc2c2ccccc12.[C-]#Cc1cc2ccccc2c2ccccc12. The van der Waals surface area contributed by atoms with E-state index in [-0.39, 0.29) is 60.6 Å². The summed E-state index contributed by atoms with van der Waals surface area (Å²) in [6.07, 6.45) is 50.2. The fraction of sp³-hybridized carbons (Fsp3) is 0.448. The fourth-order valence-electron chi connectivity index (χ4n) is 12.0. The summed E-state index contributed by atoms with van der Waals surface area (Å²) in [5.41, 5.74) is 6.61. The van der Waals surface area contributed by atoms with Gasteiger partial charge < -0.3 is 12.8 Å². The Morgan fingerprint density at radius 3 is 0.903 bits per heavy atom. The number of hydrogen-bond acceptors (Lipinski definition) is 0. The normalized spacial score (nSPS) is 17.9. The van der Waals surface area contributed by atoms with Crippen LogP contribution in [0.4, 0.5) is 0 Å². The van der Waals surface area contributed by atoms with Gasteiger partial charge in [-0.3, -0.25) is 11.8 Å². The van der Waals surface area contributed by atoms with Crippen LogP contribution in [0.2, 0.25) is 0 Å². The topological polar surface area (TPSA) is 0 Å². The molecule has 0 amide bonds. The van der Waals surface area contributed by atoms with Crippen LogP contribution >= 0.6 is 15.8 Å². The quantitative estimate of drug-likeness (QED) is 0.0491. The van der Waals surface area contributed by atoms with Gasteiger partial charge in [-0.2, -0.15) is 0 Å². The van der Waals surface area contributed by atoms with Crippen LogP contribution in [0.3, 0.4) is 0 Å². The van der Waals surface area contributed by atoms with Crippen molar-refractivity contribution in [1.82, 2.24) is 0 Å². The summed E-state index contributed by atoms with van der Waals surface area (Å²) in [5.74, 6) is 5.02. The Balaban J connectivity index is 0.000000162. The van der Waals surface area contributed by atoms with E-state index in [0.717, 1.165) is 32.7 Å². The zero-order valence-electron chi connectivity index (χ0n) is 36.9. The standard InChI is InChI=1S/C26H48P2.2C16H9.2Au/c1-5-13-23(14-6-1)27(24-15-7-2-8-16-24)21-22-28(25-17-9-3-10-18-25)26-19-11-4-12-20-26;2*1-2-12-11-13-7-3-4-9-15(13)16-10-6-5-8-14(12)16;;/h23-26H,1-22H2;2*3-11H;;/q;2*-1;2*+1/p+2. The molecule has 4 heteroatoms. The third kappa shape index (κ3) is 12.4. The Morgan fingerprint density at radius 2 is 0.613 bits per heavy atom. The molecule has 0 unspecified atom stereocenters. The van der Waals surface area contributed by atoms with E-state index in [9.17, 15) is 0 Å². The van der Waals surface area contributed by atoms with E-state index in [1.165, 1.54) is 44.2 Å². The Labute approximate surface area is 408 Å². The van der Waals surface area contributed by atoms with E-state index in [1.807, 2.05) is 72.8 Å². The average Bonchev–Trinajstić information content (AvgIpc) is 3.34. The summed E-state index contributed by atoms with van der Waals surface area (Å²) >= 11 is 0. The first-order valence-corrected chi connectivity index (χ1v) is 27.8. The van der Waals surface area contributed by atoms with Gasteiger partial charge in [-0.25, -0.2) is 0 Å². The smallest absolute Gasteiger partial charge is 0.366 e. The molecule has 0 bridgehead atoms. The van der Waals surface area contributed by atoms with Crippen molar-refractivity contribution in [2.45, 2.75) is 151 Å². The summed E-state index contributed by atoms with van der Waals surface area (Å²) < 4.78 is 0. The largest absolute Gasteiger partial charge is 1.00 e. The van der Waals surface area contributed by atoms with Gasteiger partial charge in [0.05, 0.1) is 35.0 Å². The zero-order valence-corrected chi connectivity index (χ0v) is 43.2. The van der Waals surface area contributed by atoms with Gasteiger partial charge in [-0.1, -0.05) is 134 Å². The van der Waals surface area contributed by atoms with Crippen LogP contribution < -0.4 is 0 Å². The molecule has 6 aromatic rings. The number of benzene rings is 6. The molecule has 0 saturated heterocycles. The molecule has 330 valence electrons. The van der Waals surface area contributed by atoms with Crippen LogP contribution in [0.5, 0.6) is 0 Å². The number of fused-ring (bicyclic) bond motifs is 6. The van der Waals surface area contributed by atoms with Crippen molar-refractivity contribution in [3.05, 3.63) is 133 Å². The summed E-state index contributed by atoms with van der Waals surface area (Å²) in [6.45, 7) is 0. The third-order valence-electron chi connectivity index (χ3n) is 15.0. The molecule has 4 saturated carbocycles. The maximum Gasteiger partial charge on any atom is 1.00 e. The van der Waals surface area contributed by atoms with E-state index in [4.69, 9.17) is 12.8 Å². The maximum absolute atomic E-state index is 7.35. The van der Waals surface area contributed by atoms with E-state index in [0.29, 0.717) is 0 Å². The van der Waals surface area contributed by atoms with Crippen LogP contribution in [0.1, 0.15) is 140 Å². The summed E-state index contributed by atoms with van der Waals surface area (Å²) in [5, 5.41) is 9.36. The molecule has 0 N–H and O–H groups in total. The molecule has 4 aliphatic rings. The molecule has 6 aromatic carbocycles. The van der Waals surface area contributed by atoms with Gasteiger partial charge >= 0.3 is 44.8 Å². The zero-order chi connectivity index (χ0) is 40.9. The van der Waals surface area contributed by atoms with Gasteiger partial charge in [0.2, 0.25) is 0 Å². The molecule has 0 radical (unpaired) electrons. The average molecular weight is 1220 g/mol. The Kier molecular flexibility index (Phi) is 20.3. The second-order valence-corrected chi connectivity index (χ2v) is 25.2. The molecule has 62 heavy (non-hydrogen) atoms. The van der Waals surface area contributed by atoms with E-state index < -0.39 is 0 Å². The van der Waals surface area contributed by atoms with Crippen molar-refractivity contribution >= 4 is 58.9 Å². The van der Waals surface area contributed by atoms with Crippen LogP contribution in [0.25, 0.3) is 43.1 Å². The van der Waals surface area contributed by atoms with Gasteiger partial charge in [0.1, 0.15) is 0 Å². The van der Waals surface area contributed by atoms with Crippen LogP contribution in [-0.4, -0.2) is 35.0 Å². The summed E-state index contributed by atoms with van der Waals surface area (Å²) in [6, 6.07) is 36.9. The second kappa shape index (κ2) is 25.5. The van der Waals surface area contributed by atoms with Crippen molar-refractivity contribution in [1.29, 1.82) is 0 Å². The molecular weight excluding hydrogens is 1150 g/mol. The summed E-state index contributed by atoms with van der Waals surface area (Å²) in [4.78, 5) is 0. The van der Waals surface area contributed by atoms with E-state index in [2.05, 4.69) is 48.2 Å². The van der Waals surface area contributed by atoms with Gasteiger partial charge in [0, 0.05) is 15.8 Å². The first kappa shape index (κ1) is 49.3. The van der Waals surface area contributed by atoms with Crippen molar-refractivity contribution in [3.8, 4) is 11.8 Å². The van der Waals surface area contributed by atoms with Crippen molar-refractivity contribution in [2.24, 2.45) is 0 Å². The summed E-state index contributed by atoms with van der Waals surface area (Å²) in [7, 11) is -0.182. The van der Waals surface area contributed by atoms with Gasteiger partial charge in [0.15, 0.2) is 0 Å². The molecule has 0 aromatic heterocycles. The Bertz CT molecular complexity index is 2180. The minimum atomic E-state index is -0.0909. The molecule has 0 atom stereocenters. The number of rotatable bonds is 7. The first-order valence-electron chi connectivity index (χ1n) is 24.1. The molecular formula is C58H68Au2P2+2. The molecule has 4 fully saturated rings. The van der Waals surface area contributed by atoms with Gasteiger partial charge in [-0.05, 0) is 135 Å². The minimum absolute atomic E-state index is 0. The molecule has 0 aliphatic heterocycles. The maximum atomic E-state index is 7.35.